The minimum atomic E-state index is -1.58. The second-order valence-corrected chi connectivity index (χ2v) is 17.2. The third kappa shape index (κ3) is 9.67. The van der Waals surface area contributed by atoms with Crippen molar-refractivity contribution in [2.24, 2.45) is 5.92 Å². The largest absolute Gasteiger partial charge is 0.391 e. The molecular weight excluding hydrogens is 811 g/mol. The summed E-state index contributed by atoms with van der Waals surface area (Å²) in [4.78, 5) is 103. The summed E-state index contributed by atoms with van der Waals surface area (Å²) in [6.07, 6.45) is -1.01. The Labute approximate surface area is 358 Å². The number of amides is 7. The number of ether oxygens (including phenoxy) is 1. The number of hydrogen-bond acceptors (Lipinski definition) is 10. The van der Waals surface area contributed by atoms with Crippen LogP contribution >= 0.6 is 0 Å². The van der Waals surface area contributed by atoms with Gasteiger partial charge in [0.1, 0.15) is 53.7 Å². The van der Waals surface area contributed by atoms with Crippen molar-refractivity contribution in [3.63, 3.8) is 0 Å². The fourth-order valence-electron chi connectivity index (χ4n) is 9.16. The molecule has 2 aromatic rings. The summed E-state index contributed by atoms with van der Waals surface area (Å²) in [6, 6.07) is 0.294. The zero-order valence-electron chi connectivity index (χ0n) is 35.8. The van der Waals surface area contributed by atoms with Gasteiger partial charge in [-0.3, -0.25) is 24.0 Å². The molecule has 0 bridgehead atoms. The van der Waals surface area contributed by atoms with Crippen molar-refractivity contribution >= 4 is 53.2 Å². The van der Waals surface area contributed by atoms with Crippen molar-refractivity contribution in [1.29, 1.82) is 0 Å². The lowest BCUT2D eigenvalue weighted by atomic mass is 9.94. The maximum atomic E-state index is 14.8. The van der Waals surface area contributed by atoms with Crippen molar-refractivity contribution in [3.8, 4) is 0 Å². The number of nitrogens with zero attached hydrogens (tertiary/aromatic N) is 4. The van der Waals surface area contributed by atoms with Gasteiger partial charge in [-0.05, 0) is 93.8 Å². The average Bonchev–Trinajstić information content (AvgIpc) is 3.94. The number of carbonyl (C=O) groups is 7. The highest BCUT2D eigenvalue weighted by atomic mass is 19.1. The summed E-state index contributed by atoms with van der Waals surface area (Å²) in [5.74, 6) is -5.87. The fourth-order valence-corrected chi connectivity index (χ4v) is 9.16. The second kappa shape index (κ2) is 18.7. The summed E-state index contributed by atoms with van der Waals surface area (Å²) in [5.41, 5.74) is 0.918. The topological polar surface area (TPSA) is 210 Å². The normalized spacial score (nSPS) is 28.1. The number of carbonyl (C=O) groups excluding carboxylic acids is 7. The SMILES string of the molecule is C[C@H]1CN2C(=O)[C@H](C)NC(=O)[C@H]([C@H](C)O)N(C)C(=O)[C@@H]3CCCN3C(=O)[C@@H](NC(=O)[C@H](Cc3cc(F)cc(F)c3)NC(=O)Nc3ccc4c(c3)CCN4C)[C@H](C)OCC2(C=O)C1. The first-order valence-corrected chi connectivity index (χ1v) is 20.9. The lowest BCUT2D eigenvalue weighted by Gasteiger charge is -2.39. The Morgan fingerprint density at radius 2 is 1.73 bits per heavy atom. The van der Waals surface area contributed by atoms with E-state index in [0.29, 0.717) is 24.5 Å². The van der Waals surface area contributed by atoms with Crippen molar-refractivity contribution in [1.82, 2.24) is 30.7 Å². The molecule has 6 rings (SSSR count). The van der Waals surface area contributed by atoms with Gasteiger partial charge >= 0.3 is 6.03 Å². The molecule has 4 heterocycles. The summed E-state index contributed by atoms with van der Waals surface area (Å²) >= 11 is 0. The first-order chi connectivity index (χ1) is 29.3. The molecule has 2 aromatic carbocycles. The van der Waals surface area contributed by atoms with E-state index in [1.165, 1.54) is 37.6 Å². The number of hydrogen-bond donors (Lipinski definition) is 5. The number of rotatable bonds is 8. The number of aliphatic hydroxyl groups excluding tert-OH is 1. The molecule has 0 spiro atoms. The summed E-state index contributed by atoms with van der Waals surface area (Å²) < 4.78 is 35.1. The Morgan fingerprint density at radius 1 is 1.02 bits per heavy atom. The van der Waals surface area contributed by atoms with Crippen LogP contribution in [0.25, 0.3) is 0 Å². The number of aliphatic hydroxyl groups is 1. The molecule has 9 atom stereocenters. The molecule has 336 valence electrons. The van der Waals surface area contributed by atoms with Crippen LogP contribution in [0.2, 0.25) is 0 Å². The number of nitrogens with one attached hydrogen (secondary N) is 4. The quantitative estimate of drug-likeness (QED) is 0.239. The van der Waals surface area contributed by atoms with Crippen LogP contribution in [0.3, 0.4) is 0 Å². The Bertz CT molecular complexity index is 2070. The smallest absolute Gasteiger partial charge is 0.319 e. The minimum Gasteiger partial charge on any atom is -0.391 e. The standard InChI is InChI=1S/C43H56F2N8O9/c1-23-19-43(21-54)22-62-26(4)35(41(60)52-12-7-8-34(52)40(59)51(6)36(25(3)55)38(57)46-24(2)39(58)53(43)20-23)49-37(56)32(16-27-14-29(44)18-30(45)15-27)48-42(61)47-31-9-10-33-28(17-31)11-13-50(33)5/h9-10,14-15,17-18,21,23-26,32,34-36,55H,7-8,11-13,16,19-20,22H2,1-6H3,(H,46,57)(H,49,56)(H2,47,48,61)/t23-,24+,25+,26+,32+,34+,35+,36+,43?/m1/s1. The molecule has 19 heteroatoms. The van der Waals surface area contributed by atoms with E-state index in [0.717, 1.165) is 41.2 Å². The zero-order valence-corrected chi connectivity index (χ0v) is 35.8. The van der Waals surface area contributed by atoms with E-state index in [-0.39, 0.29) is 37.4 Å². The molecule has 5 N–H and O–H groups in total. The van der Waals surface area contributed by atoms with E-state index < -0.39 is 108 Å². The van der Waals surface area contributed by atoms with Gasteiger partial charge in [0.25, 0.3) is 0 Å². The number of anilines is 2. The number of benzene rings is 2. The van der Waals surface area contributed by atoms with Gasteiger partial charge in [-0.2, -0.15) is 0 Å². The minimum absolute atomic E-state index is 0.0179. The number of aldehydes is 1. The number of urea groups is 1. The van der Waals surface area contributed by atoms with Crippen LogP contribution in [0.5, 0.6) is 0 Å². The van der Waals surface area contributed by atoms with Crippen LogP contribution in [-0.4, -0.2) is 150 Å². The predicted molar refractivity (Wildman–Crippen MR) is 222 cm³/mol. The van der Waals surface area contributed by atoms with Crippen LogP contribution in [0.15, 0.2) is 36.4 Å². The lowest BCUT2D eigenvalue weighted by Crippen LogP contribution is -2.64. The third-order valence-corrected chi connectivity index (χ3v) is 12.3. The first kappa shape index (κ1) is 45.8. The molecule has 0 radical (unpaired) electrons. The van der Waals surface area contributed by atoms with Gasteiger partial charge in [0.2, 0.25) is 29.5 Å². The van der Waals surface area contributed by atoms with Crippen molar-refractivity contribution in [3.05, 3.63) is 59.2 Å². The molecule has 0 aromatic heterocycles. The molecule has 1 unspecified atom stereocenters. The van der Waals surface area contributed by atoms with Gasteiger partial charge in [-0.1, -0.05) is 6.92 Å². The summed E-state index contributed by atoms with van der Waals surface area (Å²) in [5, 5.41) is 21.3. The van der Waals surface area contributed by atoms with Gasteiger partial charge in [0.15, 0.2) is 0 Å². The Balaban J connectivity index is 1.34. The Kier molecular flexibility index (Phi) is 13.8. The highest BCUT2D eigenvalue weighted by molar-refractivity contribution is 5.98. The van der Waals surface area contributed by atoms with Crippen molar-refractivity contribution < 1.29 is 52.2 Å². The third-order valence-electron chi connectivity index (χ3n) is 12.3. The average molecular weight is 867 g/mol. The predicted octanol–water partition coefficient (Wildman–Crippen LogP) is 1.10. The maximum Gasteiger partial charge on any atom is 0.319 e. The maximum absolute atomic E-state index is 14.8. The van der Waals surface area contributed by atoms with Gasteiger partial charge in [-0.15, -0.1) is 0 Å². The van der Waals surface area contributed by atoms with E-state index in [1.54, 1.807) is 12.1 Å². The van der Waals surface area contributed by atoms with E-state index >= 15 is 0 Å². The summed E-state index contributed by atoms with van der Waals surface area (Å²) in [7, 11) is 3.25. The highest BCUT2D eigenvalue weighted by Crippen LogP contribution is 2.34. The molecule has 3 fully saturated rings. The molecule has 62 heavy (non-hydrogen) atoms. The fraction of sp³-hybridized carbons (Fsp3) is 0.558. The van der Waals surface area contributed by atoms with Gasteiger partial charge in [-0.25, -0.2) is 13.6 Å². The molecule has 0 aliphatic carbocycles. The molecule has 4 aliphatic heterocycles. The Hall–Kier alpha value is -5.69. The van der Waals surface area contributed by atoms with Crippen LogP contribution in [0.1, 0.15) is 58.1 Å². The number of fused-ring (bicyclic) bond motifs is 3. The highest BCUT2D eigenvalue weighted by Gasteiger charge is 2.50. The van der Waals surface area contributed by atoms with Crippen LogP contribution in [0, 0.1) is 17.6 Å². The molecule has 0 saturated carbocycles. The van der Waals surface area contributed by atoms with Crippen LogP contribution < -0.4 is 26.2 Å². The monoisotopic (exact) mass is 866 g/mol. The van der Waals surface area contributed by atoms with Gasteiger partial charge in [0.05, 0.1) is 18.8 Å². The number of halogens is 2. The van der Waals surface area contributed by atoms with E-state index in [4.69, 9.17) is 4.74 Å². The lowest BCUT2D eigenvalue weighted by molar-refractivity contribution is -0.155. The van der Waals surface area contributed by atoms with Crippen LogP contribution in [0.4, 0.5) is 25.0 Å². The first-order valence-electron chi connectivity index (χ1n) is 20.9. The van der Waals surface area contributed by atoms with Crippen molar-refractivity contribution in [2.75, 3.05) is 50.6 Å². The molecule has 7 amide bonds. The molecular formula is C43H56F2N8O9. The van der Waals surface area contributed by atoms with E-state index in [1.807, 2.05) is 20.0 Å². The van der Waals surface area contributed by atoms with E-state index in [9.17, 15) is 47.4 Å². The van der Waals surface area contributed by atoms with Crippen LogP contribution in [-0.2, 0) is 46.3 Å². The second-order valence-electron chi connectivity index (χ2n) is 17.2. The molecule has 3 saturated heterocycles. The van der Waals surface area contributed by atoms with Crippen molar-refractivity contribution in [2.45, 2.75) is 108 Å². The Morgan fingerprint density at radius 3 is 2.40 bits per heavy atom. The number of likely N-dealkylation sites (N-methyl/N-ethyl adjacent to an activating group) is 2. The molecule has 17 nitrogen and oxygen atoms in total. The van der Waals surface area contributed by atoms with E-state index in [2.05, 4.69) is 26.2 Å². The molecule has 4 aliphatic rings. The summed E-state index contributed by atoms with van der Waals surface area (Å²) in [6.45, 7) is 6.62. The van der Waals surface area contributed by atoms with Gasteiger partial charge < -0.3 is 55.5 Å². The van der Waals surface area contributed by atoms with Gasteiger partial charge in [0, 0.05) is 57.6 Å². The zero-order chi connectivity index (χ0) is 45.2.